The standard InChI is InChI=1S/C15H13ClF3N3O5S/c16-10-3-1-2-4-12(10)22-13(27-28(25,26)15(17,18)19)9-5-7-21(14(23)24)8-6-11(9)20-22/h1-4H,5-8H2,(H,23,24). The molecule has 0 atom stereocenters. The Morgan fingerprint density at radius 3 is 2.46 bits per heavy atom. The molecule has 3 rings (SSSR count). The molecular weight excluding hydrogens is 427 g/mol. The summed E-state index contributed by atoms with van der Waals surface area (Å²) in [5.74, 6) is -0.660. The number of aromatic nitrogens is 2. The number of benzene rings is 1. The summed E-state index contributed by atoms with van der Waals surface area (Å²) in [6.45, 7) is -0.00764. The van der Waals surface area contributed by atoms with Crippen LogP contribution < -0.4 is 4.18 Å². The topological polar surface area (TPSA) is 102 Å². The van der Waals surface area contributed by atoms with Gasteiger partial charge >= 0.3 is 21.7 Å². The van der Waals surface area contributed by atoms with E-state index in [1.165, 1.54) is 12.1 Å². The van der Waals surface area contributed by atoms with Gasteiger partial charge in [-0.1, -0.05) is 23.7 Å². The van der Waals surface area contributed by atoms with E-state index in [1.807, 2.05) is 0 Å². The number of hydrogen-bond donors (Lipinski definition) is 1. The van der Waals surface area contributed by atoms with Crippen LogP contribution in [0.1, 0.15) is 11.3 Å². The Labute approximate surface area is 162 Å². The van der Waals surface area contributed by atoms with Crippen LogP contribution in [0.3, 0.4) is 0 Å². The second kappa shape index (κ2) is 7.17. The van der Waals surface area contributed by atoms with Crippen molar-refractivity contribution in [2.75, 3.05) is 13.1 Å². The molecule has 8 nitrogen and oxygen atoms in total. The minimum absolute atomic E-state index is 0.0489. The highest BCUT2D eigenvalue weighted by Gasteiger charge is 2.49. The monoisotopic (exact) mass is 439 g/mol. The van der Waals surface area contributed by atoms with Crippen LogP contribution in [0.25, 0.3) is 5.69 Å². The lowest BCUT2D eigenvalue weighted by atomic mass is 10.1. The summed E-state index contributed by atoms with van der Waals surface area (Å²) in [6.07, 6.45) is -1.20. The van der Waals surface area contributed by atoms with Crippen molar-refractivity contribution >= 4 is 27.8 Å². The van der Waals surface area contributed by atoms with Gasteiger partial charge in [-0.2, -0.15) is 31.4 Å². The largest absolute Gasteiger partial charge is 0.534 e. The van der Waals surface area contributed by atoms with Crippen LogP contribution in [0.5, 0.6) is 5.88 Å². The Hall–Kier alpha value is -2.47. The average Bonchev–Trinajstić information content (AvgIpc) is 2.78. The highest BCUT2D eigenvalue weighted by molar-refractivity contribution is 7.88. The van der Waals surface area contributed by atoms with E-state index in [4.69, 9.17) is 16.7 Å². The van der Waals surface area contributed by atoms with Crippen molar-refractivity contribution < 1.29 is 35.7 Å². The van der Waals surface area contributed by atoms with E-state index in [0.717, 1.165) is 9.58 Å². The van der Waals surface area contributed by atoms with Gasteiger partial charge in [-0.05, 0) is 18.6 Å². The SMILES string of the molecule is O=C(O)N1CCc2nn(-c3ccccc3Cl)c(OS(=O)(=O)C(F)(F)F)c2CC1. The fourth-order valence-corrected chi connectivity index (χ4v) is 3.43. The van der Waals surface area contributed by atoms with E-state index in [9.17, 15) is 26.4 Å². The maximum Gasteiger partial charge on any atom is 0.534 e. The summed E-state index contributed by atoms with van der Waals surface area (Å²) in [4.78, 5) is 12.2. The first-order valence-electron chi connectivity index (χ1n) is 7.85. The van der Waals surface area contributed by atoms with Crippen LogP contribution in [0.4, 0.5) is 18.0 Å². The molecule has 0 radical (unpaired) electrons. The molecule has 1 aromatic heterocycles. The zero-order valence-corrected chi connectivity index (χ0v) is 15.6. The van der Waals surface area contributed by atoms with Gasteiger partial charge in [0.1, 0.15) is 0 Å². The molecule has 28 heavy (non-hydrogen) atoms. The molecule has 1 N–H and O–H groups in total. The highest BCUT2D eigenvalue weighted by atomic mass is 35.5. The molecule has 0 aliphatic carbocycles. The molecule has 0 fully saturated rings. The number of para-hydroxylation sites is 1. The molecule has 1 aromatic carbocycles. The van der Waals surface area contributed by atoms with Crippen LogP contribution in [-0.2, 0) is 23.0 Å². The number of nitrogens with zero attached hydrogens (tertiary/aromatic N) is 3. The number of alkyl halides is 3. The summed E-state index contributed by atoms with van der Waals surface area (Å²) in [5, 5.41) is 13.4. The molecule has 1 amide bonds. The third kappa shape index (κ3) is 3.74. The second-order valence-corrected chi connectivity index (χ2v) is 7.79. The number of hydrogen-bond acceptors (Lipinski definition) is 5. The summed E-state index contributed by atoms with van der Waals surface area (Å²) >= 11 is 6.08. The first kappa shape index (κ1) is 20.3. The molecule has 1 aliphatic rings. The maximum atomic E-state index is 12.9. The second-order valence-electron chi connectivity index (χ2n) is 5.85. The van der Waals surface area contributed by atoms with Crippen LogP contribution in [0.15, 0.2) is 24.3 Å². The Bertz CT molecular complexity index is 1020. The fourth-order valence-electron chi connectivity index (χ4n) is 2.74. The van der Waals surface area contributed by atoms with Gasteiger partial charge in [0, 0.05) is 25.1 Å². The molecule has 2 aromatic rings. The lowest BCUT2D eigenvalue weighted by molar-refractivity contribution is -0.0502. The molecule has 0 spiro atoms. The minimum atomic E-state index is -5.97. The quantitative estimate of drug-likeness (QED) is 0.583. The van der Waals surface area contributed by atoms with E-state index in [1.54, 1.807) is 12.1 Å². The van der Waals surface area contributed by atoms with Gasteiger partial charge in [-0.25, -0.2) is 4.79 Å². The molecule has 13 heteroatoms. The van der Waals surface area contributed by atoms with E-state index < -0.39 is 27.6 Å². The van der Waals surface area contributed by atoms with Gasteiger partial charge in [-0.3, -0.25) is 0 Å². The van der Waals surface area contributed by atoms with Crippen molar-refractivity contribution in [2.45, 2.75) is 18.3 Å². The Kier molecular flexibility index (Phi) is 5.19. The number of rotatable bonds is 3. The van der Waals surface area contributed by atoms with Crippen molar-refractivity contribution in [1.29, 1.82) is 0 Å². The Morgan fingerprint density at radius 1 is 1.21 bits per heavy atom. The number of carbonyl (C=O) groups is 1. The van der Waals surface area contributed by atoms with Gasteiger partial charge in [0.2, 0.25) is 5.88 Å². The van der Waals surface area contributed by atoms with Crippen molar-refractivity contribution in [2.24, 2.45) is 0 Å². The predicted molar refractivity (Wildman–Crippen MR) is 91.2 cm³/mol. The van der Waals surface area contributed by atoms with E-state index >= 15 is 0 Å². The molecule has 0 unspecified atom stereocenters. The summed E-state index contributed by atoms with van der Waals surface area (Å²) < 4.78 is 67.1. The molecule has 0 saturated carbocycles. The predicted octanol–water partition coefficient (Wildman–Crippen LogP) is 2.83. The number of fused-ring (bicyclic) bond motifs is 1. The van der Waals surface area contributed by atoms with Crippen molar-refractivity contribution in [1.82, 2.24) is 14.7 Å². The minimum Gasteiger partial charge on any atom is -0.465 e. The van der Waals surface area contributed by atoms with Gasteiger partial charge in [-0.15, -0.1) is 0 Å². The molecule has 2 heterocycles. The summed E-state index contributed by atoms with van der Waals surface area (Å²) in [5.41, 5.74) is -5.21. The zero-order chi connectivity index (χ0) is 20.7. The van der Waals surface area contributed by atoms with Crippen LogP contribution in [0, 0.1) is 0 Å². The maximum absolute atomic E-state index is 12.9. The van der Waals surface area contributed by atoms with E-state index in [0.29, 0.717) is 0 Å². The third-order valence-electron chi connectivity index (χ3n) is 4.09. The molecule has 0 saturated heterocycles. The normalized spacial score (nSPS) is 15.1. The summed E-state index contributed by atoms with van der Waals surface area (Å²) in [7, 11) is -5.97. The van der Waals surface area contributed by atoms with Gasteiger partial charge in [0.05, 0.1) is 16.4 Å². The number of halogens is 4. The van der Waals surface area contributed by atoms with Gasteiger partial charge < -0.3 is 14.2 Å². The van der Waals surface area contributed by atoms with Gasteiger partial charge in [0.25, 0.3) is 0 Å². The Balaban J connectivity index is 2.14. The van der Waals surface area contributed by atoms with Gasteiger partial charge in [0.15, 0.2) is 0 Å². The fraction of sp³-hybridized carbons (Fsp3) is 0.333. The van der Waals surface area contributed by atoms with E-state index in [-0.39, 0.29) is 47.9 Å². The Morgan fingerprint density at radius 2 is 1.86 bits per heavy atom. The van der Waals surface area contributed by atoms with Crippen LogP contribution >= 0.6 is 11.6 Å². The lowest BCUT2D eigenvalue weighted by Gasteiger charge is -2.16. The lowest BCUT2D eigenvalue weighted by Crippen LogP contribution is -2.32. The first-order chi connectivity index (χ1) is 13.0. The van der Waals surface area contributed by atoms with Crippen molar-refractivity contribution in [3.63, 3.8) is 0 Å². The summed E-state index contributed by atoms with van der Waals surface area (Å²) in [6, 6.07) is 6.02. The van der Waals surface area contributed by atoms with Crippen LogP contribution in [0.2, 0.25) is 5.02 Å². The molecular formula is C15H13ClF3N3O5S. The number of carboxylic acid groups (broad SMARTS) is 1. The zero-order valence-electron chi connectivity index (χ0n) is 14.0. The third-order valence-corrected chi connectivity index (χ3v) is 5.36. The number of amides is 1. The van der Waals surface area contributed by atoms with Crippen molar-refractivity contribution in [3.8, 4) is 11.6 Å². The smallest absolute Gasteiger partial charge is 0.465 e. The van der Waals surface area contributed by atoms with Crippen molar-refractivity contribution in [3.05, 3.63) is 40.5 Å². The first-order valence-corrected chi connectivity index (χ1v) is 9.64. The highest BCUT2D eigenvalue weighted by Crippen LogP contribution is 2.35. The molecule has 1 aliphatic heterocycles. The molecule has 0 bridgehead atoms. The molecule has 152 valence electrons. The van der Waals surface area contributed by atoms with Crippen LogP contribution in [-0.4, -0.2) is 52.9 Å². The van der Waals surface area contributed by atoms with E-state index in [2.05, 4.69) is 9.28 Å². The average molecular weight is 440 g/mol.